The first-order valence-corrected chi connectivity index (χ1v) is 7.91. The molecule has 0 spiro atoms. The summed E-state index contributed by atoms with van der Waals surface area (Å²) in [6.07, 6.45) is 12.2. The Kier molecular flexibility index (Phi) is 3.47. The molecule has 2 bridgehead atoms. The molecule has 1 heteroatoms. The number of hydrogen-bond donors (Lipinski definition) is 0. The first kappa shape index (κ1) is 12.9. The molecule has 3 aliphatic rings. The van der Waals surface area contributed by atoms with E-state index < -0.39 is 0 Å². The van der Waals surface area contributed by atoms with Crippen LogP contribution in [-0.2, 0) is 0 Å². The summed E-state index contributed by atoms with van der Waals surface area (Å²) in [6, 6.07) is 2.19. The maximum atomic E-state index is 4.74. The Labute approximate surface area is 117 Å². The van der Waals surface area contributed by atoms with Crippen molar-refractivity contribution in [3.63, 3.8) is 0 Å². The lowest BCUT2D eigenvalue weighted by atomic mass is 9.58. The predicted octanol–water partition coefficient (Wildman–Crippen LogP) is 4.97. The van der Waals surface area contributed by atoms with E-state index >= 15 is 0 Å². The molecule has 19 heavy (non-hydrogen) atoms. The van der Waals surface area contributed by atoms with Crippen LogP contribution >= 0.6 is 0 Å². The summed E-state index contributed by atoms with van der Waals surface area (Å²) in [4.78, 5) is 4.74. The van der Waals surface area contributed by atoms with Crippen LogP contribution < -0.4 is 0 Å². The number of rotatable bonds is 4. The van der Waals surface area contributed by atoms with Gasteiger partial charge in [0.15, 0.2) is 0 Å². The van der Waals surface area contributed by atoms with E-state index in [9.17, 15) is 0 Å². The summed E-state index contributed by atoms with van der Waals surface area (Å²) >= 11 is 0. The summed E-state index contributed by atoms with van der Waals surface area (Å²) in [5, 5.41) is 0. The minimum Gasteiger partial charge on any atom is -0.260 e. The quantitative estimate of drug-likeness (QED) is 0.692. The van der Waals surface area contributed by atoms with Gasteiger partial charge in [-0.15, -0.1) is 0 Å². The molecule has 1 nitrogen and oxygen atoms in total. The average molecular weight is 255 g/mol. The number of pyridine rings is 1. The highest BCUT2D eigenvalue weighted by atomic mass is 14.7. The van der Waals surface area contributed by atoms with Gasteiger partial charge in [0.05, 0.1) is 5.69 Å². The van der Waals surface area contributed by atoms with Crippen LogP contribution in [0.5, 0.6) is 0 Å². The third kappa shape index (κ3) is 1.94. The molecule has 0 fully saturated rings. The molecule has 4 unspecified atom stereocenters. The number of aryl methyl sites for hydroxylation is 1. The van der Waals surface area contributed by atoms with Crippen LogP contribution in [0.2, 0.25) is 0 Å². The minimum absolute atomic E-state index is 0.580. The largest absolute Gasteiger partial charge is 0.260 e. The van der Waals surface area contributed by atoms with Gasteiger partial charge in [-0.3, -0.25) is 4.98 Å². The van der Waals surface area contributed by atoms with Crippen LogP contribution in [0.1, 0.15) is 68.2 Å². The van der Waals surface area contributed by atoms with Crippen molar-refractivity contribution in [2.45, 2.75) is 58.3 Å². The summed E-state index contributed by atoms with van der Waals surface area (Å²) < 4.78 is 0. The average Bonchev–Trinajstić information content (AvgIpc) is 2.42. The molecule has 1 heterocycles. The summed E-state index contributed by atoms with van der Waals surface area (Å²) in [6.45, 7) is 6.90. The number of aromatic nitrogens is 1. The Bertz CT molecular complexity index is 488. The Hall–Kier alpha value is -1.11. The van der Waals surface area contributed by atoms with Crippen molar-refractivity contribution in [3.05, 3.63) is 41.2 Å². The predicted molar refractivity (Wildman–Crippen MR) is 80.4 cm³/mol. The van der Waals surface area contributed by atoms with E-state index in [1.54, 1.807) is 5.56 Å². The third-order valence-corrected chi connectivity index (χ3v) is 5.13. The molecule has 3 aliphatic carbocycles. The van der Waals surface area contributed by atoms with Crippen LogP contribution in [0, 0.1) is 18.8 Å². The van der Waals surface area contributed by atoms with Gasteiger partial charge in [0.25, 0.3) is 0 Å². The van der Waals surface area contributed by atoms with E-state index in [2.05, 4.69) is 39.0 Å². The van der Waals surface area contributed by atoms with Gasteiger partial charge in [-0.25, -0.2) is 0 Å². The molecule has 0 amide bonds. The first-order valence-electron chi connectivity index (χ1n) is 7.91. The van der Waals surface area contributed by atoms with Gasteiger partial charge < -0.3 is 0 Å². The highest BCUT2D eigenvalue weighted by molar-refractivity contribution is 5.46. The highest BCUT2D eigenvalue weighted by Gasteiger charge is 2.44. The lowest BCUT2D eigenvalue weighted by Crippen LogP contribution is -2.36. The highest BCUT2D eigenvalue weighted by Crippen LogP contribution is 2.54. The Balaban J connectivity index is 2.07. The van der Waals surface area contributed by atoms with Crippen molar-refractivity contribution in [1.82, 2.24) is 4.98 Å². The molecule has 0 aliphatic heterocycles. The molecule has 102 valence electrons. The molecule has 4 rings (SSSR count). The van der Waals surface area contributed by atoms with Crippen molar-refractivity contribution in [1.29, 1.82) is 0 Å². The maximum absolute atomic E-state index is 4.74. The summed E-state index contributed by atoms with van der Waals surface area (Å²) in [5.74, 6) is 2.87. The van der Waals surface area contributed by atoms with Crippen LogP contribution in [0.15, 0.2) is 24.4 Å². The number of nitrogens with zero attached hydrogens (tertiary/aromatic N) is 1. The van der Waals surface area contributed by atoms with E-state index in [1.165, 1.54) is 36.9 Å². The van der Waals surface area contributed by atoms with Crippen molar-refractivity contribution < 1.29 is 0 Å². The van der Waals surface area contributed by atoms with Crippen molar-refractivity contribution in [3.8, 4) is 0 Å². The van der Waals surface area contributed by atoms with Gasteiger partial charge in [-0.05, 0) is 48.8 Å². The minimum atomic E-state index is 0.580. The fraction of sp³-hybridized carbons (Fsp3) is 0.611. The fourth-order valence-electron chi connectivity index (χ4n) is 4.41. The summed E-state index contributed by atoms with van der Waals surface area (Å²) in [5.41, 5.74) is 4.39. The van der Waals surface area contributed by atoms with E-state index in [0.717, 1.165) is 11.8 Å². The van der Waals surface area contributed by atoms with Crippen LogP contribution in [0.3, 0.4) is 0 Å². The molecule has 1 aromatic heterocycles. The lowest BCUT2D eigenvalue weighted by Gasteiger charge is -2.46. The van der Waals surface area contributed by atoms with E-state index in [-0.39, 0.29) is 0 Å². The van der Waals surface area contributed by atoms with Crippen molar-refractivity contribution in [2.75, 3.05) is 0 Å². The van der Waals surface area contributed by atoms with Crippen LogP contribution in [0.25, 0.3) is 0 Å². The van der Waals surface area contributed by atoms with Gasteiger partial charge in [0.1, 0.15) is 0 Å². The van der Waals surface area contributed by atoms with Crippen molar-refractivity contribution >= 4 is 0 Å². The van der Waals surface area contributed by atoms with Gasteiger partial charge in [0.2, 0.25) is 0 Å². The second kappa shape index (κ2) is 5.11. The molecule has 0 N–H and O–H groups in total. The Morgan fingerprint density at radius 1 is 1.00 bits per heavy atom. The molecular formula is C18H25N. The van der Waals surface area contributed by atoms with Gasteiger partial charge in [-0.1, -0.05) is 38.8 Å². The topological polar surface area (TPSA) is 12.9 Å². The summed E-state index contributed by atoms with van der Waals surface area (Å²) in [7, 11) is 0. The molecular weight excluding hydrogens is 230 g/mol. The molecule has 0 radical (unpaired) electrons. The number of fused-ring (bicyclic) bond motifs is 1. The van der Waals surface area contributed by atoms with Gasteiger partial charge in [0, 0.05) is 18.0 Å². The van der Waals surface area contributed by atoms with Crippen molar-refractivity contribution in [2.24, 2.45) is 11.8 Å². The zero-order valence-electron chi connectivity index (χ0n) is 12.4. The molecule has 0 saturated heterocycles. The zero-order chi connectivity index (χ0) is 13.4. The molecule has 0 aromatic carbocycles. The second-order valence-corrected chi connectivity index (χ2v) is 6.27. The lowest BCUT2D eigenvalue weighted by molar-refractivity contribution is 0.210. The zero-order valence-corrected chi connectivity index (χ0v) is 12.4. The van der Waals surface area contributed by atoms with E-state index in [0.29, 0.717) is 11.8 Å². The van der Waals surface area contributed by atoms with E-state index in [1.807, 2.05) is 6.20 Å². The normalized spacial score (nSPS) is 31.5. The standard InChI is InChI=1S/C18H25N/c1-4-6-13-14(7-5-2)16-9-8-15(13)17-12(3)10-11-19-18(16)17/h8-11,13-16H,4-7H2,1-3H3. The van der Waals surface area contributed by atoms with Crippen LogP contribution in [0.4, 0.5) is 0 Å². The molecule has 1 aromatic rings. The Morgan fingerprint density at radius 3 is 2.32 bits per heavy atom. The van der Waals surface area contributed by atoms with Gasteiger partial charge >= 0.3 is 0 Å². The molecule has 0 saturated carbocycles. The third-order valence-electron chi connectivity index (χ3n) is 5.13. The maximum Gasteiger partial charge on any atom is 0.0515 e. The first-order chi connectivity index (χ1) is 9.27. The van der Waals surface area contributed by atoms with Crippen LogP contribution in [-0.4, -0.2) is 4.98 Å². The Morgan fingerprint density at radius 2 is 1.63 bits per heavy atom. The smallest absolute Gasteiger partial charge is 0.0515 e. The number of allylic oxidation sites excluding steroid dienone is 2. The second-order valence-electron chi connectivity index (χ2n) is 6.27. The SMILES string of the molecule is CCCC1C2C=CC(c3c(C)ccnc32)C1CCC. The number of hydrogen-bond acceptors (Lipinski definition) is 1. The fourth-order valence-corrected chi connectivity index (χ4v) is 4.41. The van der Waals surface area contributed by atoms with Gasteiger partial charge in [-0.2, -0.15) is 0 Å². The van der Waals surface area contributed by atoms with E-state index in [4.69, 9.17) is 4.98 Å². The molecule has 4 atom stereocenters. The monoisotopic (exact) mass is 255 g/mol.